The van der Waals surface area contributed by atoms with Crippen molar-refractivity contribution in [2.24, 2.45) is 0 Å². The average molecular weight is 331 g/mol. The van der Waals surface area contributed by atoms with Gasteiger partial charge in [0.1, 0.15) is 5.75 Å². The van der Waals surface area contributed by atoms with Gasteiger partial charge in [0.25, 0.3) is 0 Å². The quantitative estimate of drug-likeness (QED) is 0.904. The van der Waals surface area contributed by atoms with Gasteiger partial charge in [-0.15, -0.1) is 0 Å². The predicted molar refractivity (Wildman–Crippen MR) is 95.3 cm³/mol. The van der Waals surface area contributed by atoms with Crippen LogP contribution in [-0.4, -0.2) is 37.7 Å². The molecule has 1 aliphatic heterocycles. The summed E-state index contributed by atoms with van der Waals surface area (Å²) in [5, 5.41) is 4.17. The summed E-state index contributed by atoms with van der Waals surface area (Å²) in [6.07, 6.45) is 0. The molecule has 122 valence electrons. The highest BCUT2D eigenvalue weighted by Gasteiger charge is 2.26. The zero-order chi connectivity index (χ0) is 16.1. The minimum atomic E-state index is 0.165. The van der Waals surface area contributed by atoms with Gasteiger partial charge in [0, 0.05) is 36.8 Å². The third kappa shape index (κ3) is 3.86. The van der Waals surface area contributed by atoms with Gasteiger partial charge >= 0.3 is 0 Å². The highest BCUT2D eigenvalue weighted by molar-refractivity contribution is 6.30. The van der Waals surface area contributed by atoms with Gasteiger partial charge in [-0.1, -0.05) is 41.9 Å². The average Bonchev–Trinajstić information content (AvgIpc) is 2.60. The van der Waals surface area contributed by atoms with E-state index >= 15 is 0 Å². The van der Waals surface area contributed by atoms with E-state index in [9.17, 15) is 0 Å². The molecule has 3 nitrogen and oxygen atoms in total. The summed E-state index contributed by atoms with van der Waals surface area (Å²) in [5.41, 5.74) is 2.42. The second kappa shape index (κ2) is 7.82. The molecule has 4 heteroatoms. The zero-order valence-corrected chi connectivity index (χ0v) is 14.2. The number of nitrogens with zero attached hydrogens (tertiary/aromatic N) is 1. The summed E-state index contributed by atoms with van der Waals surface area (Å²) in [5.74, 6) is 0.921. The standard InChI is InChI=1S/C19H23ClN2O/c1-2-23-18-9-8-16(20)14-17(18)19(15-6-4-3-5-7-15)22-12-10-21-11-13-22/h3-9,14,19,21H,2,10-13H2,1H3. The lowest BCUT2D eigenvalue weighted by atomic mass is 9.95. The maximum absolute atomic E-state index is 6.30. The zero-order valence-electron chi connectivity index (χ0n) is 13.5. The smallest absolute Gasteiger partial charge is 0.124 e. The Morgan fingerprint density at radius 2 is 1.87 bits per heavy atom. The lowest BCUT2D eigenvalue weighted by Gasteiger charge is -2.36. The fourth-order valence-electron chi connectivity index (χ4n) is 3.18. The van der Waals surface area contributed by atoms with Crippen molar-refractivity contribution in [1.82, 2.24) is 10.2 Å². The first-order chi connectivity index (χ1) is 11.3. The Morgan fingerprint density at radius 1 is 1.13 bits per heavy atom. The highest BCUT2D eigenvalue weighted by atomic mass is 35.5. The van der Waals surface area contributed by atoms with E-state index in [1.807, 2.05) is 25.1 Å². The monoisotopic (exact) mass is 330 g/mol. The molecule has 0 aromatic heterocycles. The molecule has 1 aliphatic rings. The SMILES string of the molecule is CCOc1ccc(Cl)cc1C(c1ccccc1)N1CCNCC1. The molecule has 0 amide bonds. The molecule has 1 atom stereocenters. The summed E-state index contributed by atoms with van der Waals surface area (Å²) in [6, 6.07) is 16.7. The van der Waals surface area contributed by atoms with Crippen LogP contribution in [0.4, 0.5) is 0 Å². The largest absolute Gasteiger partial charge is 0.494 e. The van der Waals surface area contributed by atoms with Crippen LogP contribution in [0.25, 0.3) is 0 Å². The molecular formula is C19H23ClN2O. The Labute approximate surface area is 143 Å². The Morgan fingerprint density at radius 3 is 2.57 bits per heavy atom. The molecule has 0 aliphatic carbocycles. The number of hydrogen-bond acceptors (Lipinski definition) is 3. The topological polar surface area (TPSA) is 24.5 Å². The van der Waals surface area contributed by atoms with Crippen LogP contribution in [0.3, 0.4) is 0 Å². The van der Waals surface area contributed by atoms with E-state index in [1.54, 1.807) is 0 Å². The van der Waals surface area contributed by atoms with Crippen LogP contribution >= 0.6 is 11.6 Å². The molecule has 2 aromatic rings. The van der Waals surface area contributed by atoms with Gasteiger partial charge in [-0.05, 0) is 30.7 Å². The van der Waals surface area contributed by atoms with E-state index in [0.29, 0.717) is 6.61 Å². The fourth-order valence-corrected chi connectivity index (χ4v) is 3.36. The first-order valence-corrected chi connectivity index (χ1v) is 8.59. The molecule has 1 fully saturated rings. The number of piperazine rings is 1. The van der Waals surface area contributed by atoms with Crippen molar-refractivity contribution in [3.63, 3.8) is 0 Å². The van der Waals surface area contributed by atoms with Gasteiger partial charge in [0.05, 0.1) is 12.6 Å². The van der Waals surface area contributed by atoms with Crippen LogP contribution in [0.2, 0.25) is 5.02 Å². The number of rotatable bonds is 5. The van der Waals surface area contributed by atoms with E-state index in [2.05, 4.69) is 40.5 Å². The number of ether oxygens (including phenoxy) is 1. The lowest BCUT2D eigenvalue weighted by molar-refractivity contribution is 0.194. The van der Waals surface area contributed by atoms with Crippen LogP contribution in [0.15, 0.2) is 48.5 Å². The molecule has 23 heavy (non-hydrogen) atoms. The van der Waals surface area contributed by atoms with E-state index in [0.717, 1.165) is 42.5 Å². The molecule has 1 N–H and O–H groups in total. The van der Waals surface area contributed by atoms with Crippen LogP contribution in [0.5, 0.6) is 5.75 Å². The minimum absolute atomic E-state index is 0.165. The van der Waals surface area contributed by atoms with Gasteiger partial charge in [-0.25, -0.2) is 0 Å². The summed E-state index contributed by atoms with van der Waals surface area (Å²) in [4.78, 5) is 2.50. The van der Waals surface area contributed by atoms with E-state index in [4.69, 9.17) is 16.3 Å². The van der Waals surface area contributed by atoms with Crippen molar-refractivity contribution >= 4 is 11.6 Å². The maximum atomic E-state index is 6.30. The van der Waals surface area contributed by atoms with Gasteiger partial charge in [-0.2, -0.15) is 0 Å². The van der Waals surface area contributed by atoms with Crippen molar-refractivity contribution in [2.75, 3.05) is 32.8 Å². The summed E-state index contributed by atoms with van der Waals surface area (Å²) in [6.45, 7) is 6.70. The third-order valence-corrected chi connectivity index (χ3v) is 4.43. The summed E-state index contributed by atoms with van der Waals surface area (Å²) < 4.78 is 5.88. The first kappa shape index (κ1) is 16.3. The molecule has 0 saturated carbocycles. The molecule has 0 bridgehead atoms. The number of nitrogens with one attached hydrogen (secondary N) is 1. The van der Waals surface area contributed by atoms with Crippen molar-refractivity contribution in [3.8, 4) is 5.75 Å². The molecule has 0 spiro atoms. The number of halogens is 1. The lowest BCUT2D eigenvalue weighted by Crippen LogP contribution is -2.45. The third-order valence-electron chi connectivity index (χ3n) is 4.20. The Bertz CT molecular complexity index is 627. The van der Waals surface area contributed by atoms with Crippen molar-refractivity contribution in [2.45, 2.75) is 13.0 Å². The summed E-state index contributed by atoms with van der Waals surface area (Å²) >= 11 is 6.30. The number of hydrogen-bond donors (Lipinski definition) is 1. The van der Waals surface area contributed by atoms with Crippen LogP contribution in [0.1, 0.15) is 24.1 Å². The number of benzene rings is 2. The van der Waals surface area contributed by atoms with Crippen LogP contribution in [-0.2, 0) is 0 Å². The molecule has 3 rings (SSSR count). The fraction of sp³-hybridized carbons (Fsp3) is 0.368. The van der Waals surface area contributed by atoms with E-state index in [-0.39, 0.29) is 6.04 Å². The molecular weight excluding hydrogens is 308 g/mol. The molecule has 2 aromatic carbocycles. The van der Waals surface area contributed by atoms with E-state index in [1.165, 1.54) is 5.56 Å². The second-order valence-corrected chi connectivity index (χ2v) is 6.15. The van der Waals surface area contributed by atoms with Crippen molar-refractivity contribution < 1.29 is 4.74 Å². The van der Waals surface area contributed by atoms with Gasteiger partial charge in [0.2, 0.25) is 0 Å². The van der Waals surface area contributed by atoms with E-state index < -0.39 is 0 Å². The highest BCUT2D eigenvalue weighted by Crippen LogP contribution is 2.36. The first-order valence-electron chi connectivity index (χ1n) is 8.21. The Kier molecular flexibility index (Phi) is 5.55. The minimum Gasteiger partial charge on any atom is -0.494 e. The van der Waals surface area contributed by atoms with Crippen LogP contribution in [0, 0.1) is 0 Å². The van der Waals surface area contributed by atoms with Gasteiger partial charge < -0.3 is 10.1 Å². The van der Waals surface area contributed by atoms with Gasteiger partial charge in [-0.3, -0.25) is 4.90 Å². The van der Waals surface area contributed by atoms with Crippen molar-refractivity contribution in [3.05, 3.63) is 64.7 Å². The predicted octanol–water partition coefficient (Wildman–Crippen LogP) is 3.73. The summed E-state index contributed by atoms with van der Waals surface area (Å²) in [7, 11) is 0. The second-order valence-electron chi connectivity index (χ2n) is 5.71. The Balaban J connectivity index is 2.06. The molecule has 0 radical (unpaired) electrons. The maximum Gasteiger partial charge on any atom is 0.124 e. The van der Waals surface area contributed by atoms with Gasteiger partial charge in [0.15, 0.2) is 0 Å². The Hall–Kier alpha value is -1.55. The van der Waals surface area contributed by atoms with Crippen molar-refractivity contribution in [1.29, 1.82) is 0 Å². The molecule has 1 heterocycles. The normalized spacial score (nSPS) is 17.0. The molecule has 1 saturated heterocycles. The molecule has 1 unspecified atom stereocenters. The van der Waals surface area contributed by atoms with Crippen LogP contribution < -0.4 is 10.1 Å².